The lowest BCUT2D eigenvalue weighted by atomic mass is 10.1. The highest BCUT2D eigenvalue weighted by Crippen LogP contribution is 2.58. The van der Waals surface area contributed by atoms with Gasteiger partial charge in [-0.3, -0.25) is 14.4 Å². The van der Waals surface area contributed by atoms with Crippen LogP contribution < -0.4 is 5.32 Å². The van der Waals surface area contributed by atoms with E-state index < -0.39 is 23.2 Å². The third kappa shape index (κ3) is 2.78. The van der Waals surface area contributed by atoms with Gasteiger partial charge >= 0.3 is 5.97 Å². The fourth-order valence-corrected chi connectivity index (χ4v) is 3.12. The number of carboxylic acids is 1. The first-order valence-electron chi connectivity index (χ1n) is 7.14. The van der Waals surface area contributed by atoms with Crippen LogP contribution in [-0.2, 0) is 14.4 Å². The van der Waals surface area contributed by atoms with E-state index in [-0.39, 0.29) is 24.8 Å². The van der Waals surface area contributed by atoms with Crippen molar-refractivity contribution in [1.29, 1.82) is 0 Å². The van der Waals surface area contributed by atoms with Gasteiger partial charge in [0.15, 0.2) is 0 Å². The van der Waals surface area contributed by atoms with Crippen LogP contribution in [0.1, 0.15) is 33.1 Å². The van der Waals surface area contributed by atoms with Crippen LogP contribution >= 0.6 is 0 Å². The summed E-state index contributed by atoms with van der Waals surface area (Å²) in [5.41, 5.74) is -0.491. The van der Waals surface area contributed by atoms with Gasteiger partial charge in [0.1, 0.15) is 0 Å². The molecule has 2 amide bonds. The molecule has 2 fully saturated rings. The Kier molecular flexibility index (Phi) is 4.01. The summed E-state index contributed by atoms with van der Waals surface area (Å²) in [6.45, 7) is 5.47. The maximum Gasteiger partial charge on any atom is 0.307 e. The summed E-state index contributed by atoms with van der Waals surface area (Å²) >= 11 is 0. The molecule has 2 atom stereocenters. The first-order chi connectivity index (χ1) is 9.35. The molecule has 6 heteroatoms. The Labute approximate surface area is 118 Å². The molecule has 0 aromatic heterocycles. The fraction of sp³-hybridized carbons (Fsp3) is 0.786. The summed E-state index contributed by atoms with van der Waals surface area (Å²) in [6.07, 6.45) is 2.39. The van der Waals surface area contributed by atoms with E-state index in [1.165, 1.54) is 0 Å². The predicted molar refractivity (Wildman–Crippen MR) is 71.8 cm³/mol. The number of hydrogen-bond acceptors (Lipinski definition) is 3. The largest absolute Gasteiger partial charge is 0.481 e. The van der Waals surface area contributed by atoms with Crippen molar-refractivity contribution in [3.8, 4) is 0 Å². The van der Waals surface area contributed by atoms with Crippen LogP contribution in [0.5, 0.6) is 0 Å². The number of rotatable bonds is 5. The fourth-order valence-electron chi connectivity index (χ4n) is 3.12. The summed E-state index contributed by atoms with van der Waals surface area (Å²) in [7, 11) is 0. The predicted octanol–water partition coefficient (Wildman–Crippen LogP) is 0.472. The number of nitrogens with zero attached hydrogens (tertiary/aromatic N) is 1. The van der Waals surface area contributed by atoms with Crippen molar-refractivity contribution >= 4 is 17.8 Å². The number of nitrogens with one attached hydrogen (secondary N) is 1. The van der Waals surface area contributed by atoms with Gasteiger partial charge in [0.25, 0.3) is 0 Å². The Bertz CT molecular complexity index is 427. The molecule has 112 valence electrons. The number of amides is 2. The average Bonchev–Trinajstić information content (AvgIpc) is 2.78. The zero-order valence-corrected chi connectivity index (χ0v) is 12.0. The summed E-state index contributed by atoms with van der Waals surface area (Å²) in [5, 5.41) is 11.7. The third-order valence-electron chi connectivity index (χ3n) is 4.47. The summed E-state index contributed by atoms with van der Waals surface area (Å²) in [4.78, 5) is 36.6. The molecule has 0 aromatic carbocycles. The molecule has 0 bridgehead atoms. The second-order valence-corrected chi connectivity index (χ2v) is 6.24. The zero-order chi connectivity index (χ0) is 14.9. The van der Waals surface area contributed by atoms with Crippen molar-refractivity contribution < 1.29 is 19.5 Å². The average molecular weight is 282 g/mol. The van der Waals surface area contributed by atoms with Crippen LogP contribution in [0.15, 0.2) is 0 Å². The lowest BCUT2D eigenvalue weighted by molar-refractivity contribution is -0.140. The molecular formula is C14H22N2O4. The van der Waals surface area contributed by atoms with E-state index in [1.807, 2.05) is 4.90 Å². The Balaban J connectivity index is 1.73. The highest BCUT2D eigenvalue weighted by Gasteiger charge is 2.65. The normalized spacial score (nSPS) is 27.2. The quantitative estimate of drug-likeness (QED) is 0.767. The van der Waals surface area contributed by atoms with Crippen molar-refractivity contribution in [2.24, 2.45) is 17.3 Å². The van der Waals surface area contributed by atoms with Crippen molar-refractivity contribution in [2.75, 3.05) is 19.6 Å². The Morgan fingerprint density at radius 2 is 1.80 bits per heavy atom. The second kappa shape index (κ2) is 5.42. The van der Waals surface area contributed by atoms with Gasteiger partial charge in [0.2, 0.25) is 11.8 Å². The van der Waals surface area contributed by atoms with E-state index in [1.54, 1.807) is 13.8 Å². The van der Waals surface area contributed by atoms with Gasteiger partial charge in [0, 0.05) is 26.1 Å². The van der Waals surface area contributed by atoms with Crippen molar-refractivity contribution in [3.05, 3.63) is 0 Å². The molecule has 1 saturated heterocycles. The van der Waals surface area contributed by atoms with E-state index >= 15 is 0 Å². The standard InChI is InChI=1S/C14H22N2O4/c1-14(2)10(11(14)13(19)20)12(18)15-6-5-9(17)16-7-3-4-8-16/h10-11H,3-8H2,1-2H3,(H,15,18)(H,19,20)/t10-,11+/m1/s1. The highest BCUT2D eigenvalue weighted by atomic mass is 16.4. The minimum absolute atomic E-state index is 0.0626. The summed E-state index contributed by atoms with van der Waals surface area (Å²) < 4.78 is 0. The number of carboxylic acid groups (broad SMARTS) is 1. The number of carbonyl (C=O) groups excluding carboxylic acids is 2. The van der Waals surface area contributed by atoms with Crippen LogP contribution in [0.4, 0.5) is 0 Å². The molecule has 0 spiro atoms. The maximum absolute atomic E-state index is 11.9. The molecule has 2 aliphatic rings. The van der Waals surface area contributed by atoms with E-state index in [2.05, 4.69) is 5.32 Å². The minimum Gasteiger partial charge on any atom is -0.481 e. The molecule has 0 aromatic rings. The third-order valence-corrected chi connectivity index (χ3v) is 4.47. The van der Waals surface area contributed by atoms with Crippen molar-refractivity contribution in [1.82, 2.24) is 10.2 Å². The molecule has 1 aliphatic heterocycles. The van der Waals surface area contributed by atoms with Crippen LogP contribution in [0.3, 0.4) is 0 Å². The molecule has 0 unspecified atom stereocenters. The second-order valence-electron chi connectivity index (χ2n) is 6.24. The van der Waals surface area contributed by atoms with Crippen LogP contribution in [0, 0.1) is 17.3 Å². The lowest BCUT2D eigenvalue weighted by Crippen LogP contribution is -2.34. The smallest absolute Gasteiger partial charge is 0.307 e. The highest BCUT2D eigenvalue weighted by molar-refractivity contribution is 5.91. The minimum atomic E-state index is -0.928. The maximum atomic E-state index is 11.9. The van der Waals surface area contributed by atoms with Gasteiger partial charge < -0.3 is 15.3 Å². The molecule has 6 nitrogen and oxygen atoms in total. The van der Waals surface area contributed by atoms with Crippen LogP contribution in [0.2, 0.25) is 0 Å². The van der Waals surface area contributed by atoms with Gasteiger partial charge in [0.05, 0.1) is 11.8 Å². The first-order valence-corrected chi connectivity index (χ1v) is 7.14. The van der Waals surface area contributed by atoms with Crippen molar-refractivity contribution in [2.45, 2.75) is 33.1 Å². The Hall–Kier alpha value is -1.59. The molecule has 2 rings (SSSR count). The SMILES string of the molecule is CC1(C)[C@H](C(=O)O)[C@@H]1C(=O)NCCC(=O)N1CCCC1. The van der Waals surface area contributed by atoms with Gasteiger partial charge in [-0.1, -0.05) is 13.8 Å². The van der Waals surface area contributed by atoms with Crippen molar-refractivity contribution in [3.63, 3.8) is 0 Å². The monoisotopic (exact) mass is 282 g/mol. The first kappa shape index (κ1) is 14.8. The molecular weight excluding hydrogens is 260 g/mol. The van der Waals surface area contributed by atoms with Gasteiger partial charge in [-0.2, -0.15) is 0 Å². The van der Waals surface area contributed by atoms with E-state index in [9.17, 15) is 14.4 Å². The van der Waals surface area contributed by atoms with Gasteiger partial charge in [-0.25, -0.2) is 0 Å². The van der Waals surface area contributed by atoms with Crippen LogP contribution in [-0.4, -0.2) is 47.4 Å². The zero-order valence-electron chi connectivity index (χ0n) is 12.0. The molecule has 1 saturated carbocycles. The molecule has 1 aliphatic carbocycles. The molecule has 20 heavy (non-hydrogen) atoms. The van der Waals surface area contributed by atoms with E-state index in [4.69, 9.17) is 5.11 Å². The van der Waals surface area contributed by atoms with Gasteiger partial charge in [-0.05, 0) is 18.3 Å². The van der Waals surface area contributed by atoms with E-state index in [0.717, 1.165) is 25.9 Å². The number of carbonyl (C=O) groups is 3. The number of likely N-dealkylation sites (tertiary alicyclic amines) is 1. The lowest BCUT2D eigenvalue weighted by Gasteiger charge is -2.15. The van der Waals surface area contributed by atoms with Crippen LogP contribution in [0.25, 0.3) is 0 Å². The molecule has 0 radical (unpaired) electrons. The number of aliphatic carboxylic acids is 1. The van der Waals surface area contributed by atoms with E-state index in [0.29, 0.717) is 0 Å². The number of hydrogen-bond donors (Lipinski definition) is 2. The topological polar surface area (TPSA) is 86.7 Å². The molecule has 2 N–H and O–H groups in total. The molecule has 1 heterocycles. The van der Waals surface area contributed by atoms with Gasteiger partial charge in [-0.15, -0.1) is 0 Å². The summed E-state index contributed by atoms with van der Waals surface area (Å²) in [5.74, 6) is -2.22. The Morgan fingerprint density at radius 1 is 1.20 bits per heavy atom. The summed E-state index contributed by atoms with van der Waals surface area (Å²) in [6, 6.07) is 0. The Morgan fingerprint density at radius 3 is 2.30 bits per heavy atom.